The molecule has 30 heavy (non-hydrogen) atoms. The largest absolute Gasteiger partial charge is 0.493 e. The number of benzene rings is 2. The molecule has 7 heteroatoms. The minimum absolute atomic E-state index is 0.152. The van der Waals surface area contributed by atoms with Crippen molar-refractivity contribution in [2.45, 2.75) is 44.9 Å². The van der Waals surface area contributed by atoms with Crippen LogP contribution in [0.4, 0.5) is 0 Å². The third-order valence-corrected chi connectivity index (χ3v) is 6.15. The van der Waals surface area contributed by atoms with Crippen LogP contribution in [0, 0.1) is 5.92 Å². The third kappa shape index (κ3) is 6.03. The maximum atomic E-state index is 11.8. The molecule has 0 bridgehead atoms. The number of hydrogen-bond acceptors (Lipinski definition) is 4. The maximum Gasteiger partial charge on any atom is 0.222 e. The predicted octanol–water partition coefficient (Wildman–Crippen LogP) is 4.98. The van der Waals surface area contributed by atoms with Crippen molar-refractivity contribution in [2.75, 3.05) is 14.2 Å². The number of rotatable bonds is 8. The van der Waals surface area contributed by atoms with Crippen molar-refractivity contribution in [3.63, 3.8) is 0 Å². The zero-order valence-electron chi connectivity index (χ0n) is 17.3. The van der Waals surface area contributed by atoms with Crippen molar-refractivity contribution in [3.05, 3.63) is 57.6 Å². The second-order valence-electron chi connectivity index (χ2n) is 7.55. The Kier molecular flexibility index (Phi) is 8.25. The third-order valence-electron chi connectivity index (χ3n) is 5.57. The van der Waals surface area contributed by atoms with E-state index < -0.39 is 0 Å². The highest BCUT2D eigenvalue weighted by Gasteiger charge is 2.25. The van der Waals surface area contributed by atoms with Crippen LogP contribution in [0.2, 0.25) is 10.0 Å². The highest BCUT2D eigenvalue weighted by Crippen LogP contribution is 2.31. The molecule has 1 fully saturated rings. The van der Waals surface area contributed by atoms with Gasteiger partial charge in [0.05, 0.1) is 7.11 Å². The van der Waals surface area contributed by atoms with E-state index in [1.807, 2.05) is 24.3 Å². The summed E-state index contributed by atoms with van der Waals surface area (Å²) < 4.78 is 11.4. The standard InChI is InChI=1S/C23H28Cl2N2O3/c1-26-23(28)16-5-8-19(9-6-16)27-13-15-3-10-21(22(11-15)29-2)30-14-17-4-7-18(24)12-20(17)25/h3-4,7,10-12,16,19,27H,5-6,8-9,13-14H2,1-2H3,(H,26,28). The molecule has 2 N–H and O–H groups in total. The summed E-state index contributed by atoms with van der Waals surface area (Å²) in [5.74, 6) is 1.66. The van der Waals surface area contributed by atoms with E-state index in [1.165, 1.54) is 0 Å². The van der Waals surface area contributed by atoms with Crippen LogP contribution >= 0.6 is 23.2 Å². The first-order chi connectivity index (χ1) is 14.5. The first kappa shape index (κ1) is 22.7. The molecule has 1 saturated carbocycles. The van der Waals surface area contributed by atoms with E-state index in [0.29, 0.717) is 34.2 Å². The SMILES string of the molecule is CNC(=O)C1CCC(NCc2ccc(OCc3ccc(Cl)cc3Cl)c(OC)c2)CC1. The summed E-state index contributed by atoms with van der Waals surface area (Å²) in [6.07, 6.45) is 3.89. The molecule has 0 saturated heterocycles. The van der Waals surface area contributed by atoms with Crippen molar-refractivity contribution in [1.29, 1.82) is 0 Å². The Balaban J connectivity index is 1.53. The Hall–Kier alpha value is -1.95. The van der Waals surface area contributed by atoms with Crippen molar-refractivity contribution < 1.29 is 14.3 Å². The summed E-state index contributed by atoms with van der Waals surface area (Å²) in [4.78, 5) is 11.8. The summed E-state index contributed by atoms with van der Waals surface area (Å²) in [6.45, 7) is 1.08. The van der Waals surface area contributed by atoms with Gasteiger partial charge >= 0.3 is 0 Å². The Morgan fingerprint density at radius 3 is 2.50 bits per heavy atom. The van der Waals surface area contributed by atoms with Crippen LogP contribution in [0.15, 0.2) is 36.4 Å². The fourth-order valence-electron chi connectivity index (χ4n) is 3.76. The van der Waals surface area contributed by atoms with Gasteiger partial charge in [0.15, 0.2) is 11.5 Å². The van der Waals surface area contributed by atoms with Gasteiger partial charge < -0.3 is 20.1 Å². The average molecular weight is 451 g/mol. The van der Waals surface area contributed by atoms with E-state index >= 15 is 0 Å². The van der Waals surface area contributed by atoms with Crippen LogP contribution < -0.4 is 20.1 Å². The van der Waals surface area contributed by atoms with Crippen molar-refractivity contribution >= 4 is 29.1 Å². The van der Waals surface area contributed by atoms with E-state index in [4.69, 9.17) is 32.7 Å². The molecule has 1 aliphatic rings. The second-order valence-corrected chi connectivity index (χ2v) is 8.40. The molecule has 162 valence electrons. The smallest absolute Gasteiger partial charge is 0.222 e. The van der Waals surface area contributed by atoms with Crippen LogP contribution in [0.5, 0.6) is 11.5 Å². The van der Waals surface area contributed by atoms with Crippen LogP contribution in [0.25, 0.3) is 0 Å². The molecule has 0 radical (unpaired) electrons. The van der Waals surface area contributed by atoms with Gasteiger partial charge in [-0.25, -0.2) is 0 Å². The fraction of sp³-hybridized carbons (Fsp3) is 0.435. The molecule has 0 spiro atoms. The lowest BCUT2D eigenvalue weighted by atomic mass is 9.85. The van der Waals surface area contributed by atoms with E-state index in [0.717, 1.165) is 43.4 Å². The second kappa shape index (κ2) is 10.9. The van der Waals surface area contributed by atoms with Crippen LogP contribution in [0.1, 0.15) is 36.8 Å². The minimum atomic E-state index is 0.152. The maximum absolute atomic E-state index is 11.8. The molecule has 0 heterocycles. The lowest BCUT2D eigenvalue weighted by molar-refractivity contribution is -0.125. The molecule has 1 aliphatic carbocycles. The first-order valence-corrected chi connectivity index (χ1v) is 10.9. The lowest BCUT2D eigenvalue weighted by Crippen LogP contribution is -2.37. The fourth-order valence-corrected chi connectivity index (χ4v) is 4.22. The van der Waals surface area contributed by atoms with E-state index in [2.05, 4.69) is 10.6 Å². The number of methoxy groups -OCH3 is 1. The van der Waals surface area contributed by atoms with Gasteiger partial charge in [0.2, 0.25) is 5.91 Å². The van der Waals surface area contributed by atoms with Gasteiger partial charge in [0.25, 0.3) is 0 Å². The summed E-state index contributed by atoms with van der Waals surface area (Å²) in [5.41, 5.74) is 1.98. The number of carbonyl (C=O) groups excluding carboxylic acids is 1. The van der Waals surface area contributed by atoms with Crippen LogP contribution in [-0.4, -0.2) is 26.1 Å². The van der Waals surface area contributed by atoms with Crippen LogP contribution in [0.3, 0.4) is 0 Å². The molecule has 0 atom stereocenters. The normalized spacial score (nSPS) is 18.7. The van der Waals surface area contributed by atoms with Crippen molar-refractivity contribution in [3.8, 4) is 11.5 Å². The number of hydrogen-bond donors (Lipinski definition) is 2. The number of halogens is 2. The number of ether oxygens (including phenoxy) is 2. The Bertz CT molecular complexity index is 868. The molecule has 3 rings (SSSR count). The summed E-state index contributed by atoms with van der Waals surface area (Å²) >= 11 is 12.2. The predicted molar refractivity (Wildman–Crippen MR) is 120 cm³/mol. The zero-order valence-corrected chi connectivity index (χ0v) is 18.9. The molecule has 1 amide bonds. The minimum Gasteiger partial charge on any atom is -0.493 e. The molecule has 0 aromatic heterocycles. The highest BCUT2D eigenvalue weighted by molar-refractivity contribution is 6.35. The number of amides is 1. The lowest BCUT2D eigenvalue weighted by Gasteiger charge is -2.28. The molecular formula is C23H28Cl2N2O3. The monoisotopic (exact) mass is 450 g/mol. The average Bonchev–Trinajstić information content (AvgIpc) is 2.77. The molecule has 2 aromatic rings. The molecule has 5 nitrogen and oxygen atoms in total. The quantitative estimate of drug-likeness (QED) is 0.595. The Morgan fingerprint density at radius 1 is 1.07 bits per heavy atom. The molecule has 0 aliphatic heterocycles. The van der Waals surface area contributed by atoms with E-state index in [9.17, 15) is 4.79 Å². The van der Waals surface area contributed by atoms with Gasteiger partial charge in [0.1, 0.15) is 6.61 Å². The molecule has 2 aromatic carbocycles. The molecular weight excluding hydrogens is 423 g/mol. The van der Waals surface area contributed by atoms with Gasteiger partial charge in [-0.2, -0.15) is 0 Å². The van der Waals surface area contributed by atoms with Crippen LogP contribution in [-0.2, 0) is 17.9 Å². The van der Waals surface area contributed by atoms with Gasteiger partial charge in [-0.3, -0.25) is 4.79 Å². The molecule has 0 unspecified atom stereocenters. The van der Waals surface area contributed by atoms with Crippen molar-refractivity contribution in [2.24, 2.45) is 5.92 Å². The van der Waals surface area contributed by atoms with Gasteiger partial charge in [-0.1, -0.05) is 35.3 Å². The Morgan fingerprint density at radius 2 is 1.83 bits per heavy atom. The van der Waals surface area contributed by atoms with Gasteiger partial charge in [-0.15, -0.1) is 0 Å². The number of carbonyl (C=O) groups is 1. The van der Waals surface area contributed by atoms with Crippen molar-refractivity contribution in [1.82, 2.24) is 10.6 Å². The van der Waals surface area contributed by atoms with Gasteiger partial charge in [-0.05, 0) is 55.5 Å². The topological polar surface area (TPSA) is 59.6 Å². The summed E-state index contributed by atoms with van der Waals surface area (Å²) in [5, 5.41) is 7.53. The zero-order chi connectivity index (χ0) is 21.5. The van der Waals surface area contributed by atoms with E-state index in [-0.39, 0.29) is 11.8 Å². The summed E-state index contributed by atoms with van der Waals surface area (Å²) in [7, 11) is 3.34. The highest BCUT2D eigenvalue weighted by atomic mass is 35.5. The van der Waals surface area contributed by atoms with Gasteiger partial charge in [0, 0.05) is 41.2 Å². The first-order valence-electron chi connectivity index (χ1n) is 10.2. The Labute approximate surface area is 188 Å². The summed E-state index contributed by atoms with van der Waals surface area (Å²) in [6, 6.07) is 11.7. The number of nitrogens with one attached hydrogen (secondary N) is 2. The van der Waals surface area contributed by atoms with E-state index in [1.54, 1.807) is 26.3 Å².